The Morgan fingerprint density at radius 3 is 2.61 bits per heavy atom. The third kappa shape index (κ3) is 3.42. The molecule has 33 heavy (non-hydrogen) atoms. The van der Waals surface area contributed by atoms with Crippen LogP contribution in [0, 0.1) is 12.7 Å². The van der Waals surface area contributed by atoms with Gasteiger partial charge in [-0.3, -0.25) is 5.10 Å². The molecule has 1 aliphatic carbocycles. The van der Waals surface area contributed by atoms with Crippen molar-refractivity contribution in [2.24, 2.45) is 0 Å². The smallest absolute Gasteiger partial charge is 0.335 e. The summed E-state index contributed by atoms with van der Waals surface area (Å²) >= 11 is 0. The van der Waals surface area contributed by atoms with Crippen LogP contribution in [0.3, 0.4) is 0 Å². The molecule has 172 valence electrons. The van der Waals surface area contributed by atoms with Gasteiger partial charge in [-0.2, -0.15) is 5.10 Å². The zero-order chi connectivity index (χ0) is 23.5. The number of carboxylic acids is 1. The van der Waals surface area contributed by atoms with E-state index in [1.807, 2.05) is 6.07 Å². The van der Waals surface area contributed by atoms with Crippen LogP contribution >= 0.6 is 0 Å². The number of aliphatic hydroxyl groups is 1. The maximum Gasteiger partial charge on any atom is 0.335 e. The van der Waals surface area contributed by atoms with E-state index in [4.69, 9.17) is 0 Å². The van der Waals surface area contributed by atoms with E-state index in [9.17, 15) is 19.4 Å². The van der Waals surface area contributed by atoms with Crippen LogP contribution in [-0.4, -0.2) is 36.5 Å². The Hall–Kier alpha value is -3.19. The third-order valence-electron chi connectivity index (χ3n) is 7.17. The Morgan fingerprint density at radius 2 is 1.97 bits per heavy atom. The fourth-order valence-electron chi connectivity index (χ4n) is 5.41. The number of aromatic amines is 1. The molecule has 0 aliphatic heterocycles. The van der Waals surface area contributed by atoms with Crippen molar-refractivity contribution in [3.63, 3.8) is 0 Å². The Labute approximate surface area is 191 Å². The number of carboxylic acid groups (broad SMARTS) is 1. The molecule has 2 heterocycles. The zero-order valence-corrected chi connectivity index (χ0v) is 19.0. The third-order valence-corrected chi connectivity index (χ3v) is 7.17. The molecule has 2 aromatic carbocycles. The number of halogens is 1. The molecule has 7 heteroatoms. The molecular formula is C26H28FN3O3. The largest absolute Gasteiger partial charge is 0.479 e. The summed E-state index contributed by atoms with van der Waals surface area (Å²) in [6.07, 6.45) is 3.42. The van der Waals surface area contributed by atoms with E-state index in [2.05, 4.69) is 40.7 Å². The summed E-state index contributed by atoms with van der Waals surface area (Å²) in [5, 5.41) is 29.3. The van der Waals surface area contributed by atoms with E-state index < -0.39 is 11.6 Å². The summed E-state index contributed by atoms with van der Waals surface area (Å²) < 4.78 is 16.3. The van der Waals surface area contributed by atoms with Crippen molar-refractivity contribution in [3.05, 3.63) is 59.2 Å². The maximum absolute atomic E-state index is 14.1. The van der Waals surface area contributed by atoms with Crippen LogP contribution in [0.4, 0.5) is 4.39 Å². The second-order valence-electron chi connectivity index (χ2n) is 9.66. The molecule has 0 saturated heterocycles. The minimum absolute atomic E-state index is 0.118. The number of H-pyrrole nitrogens is 1. The van der Waals surface area contributed by atoms with Gasteiger partial charge in [-0.1, -0.05) is 13.8 Å². The number of rotatable bonds is 4. The molecule has 0 bridgehead atoms. The molecule has 3 N–H and O–H groups in total. The van der Waals surface area contributed by atoms with Gasteiger partial charge >= 0.3 is 5.97 Å². The van der Waals surface area contributed by atoms with Crippen molar-refractivity contribution >= 4 is 27.8 Å². The fourth-order valence-corrected chi connectivity index (χ4v) is 5.41. The highest BCUT2D eigenvalue weighted by molar-refractivity contribution is 5.99. The molecule has 5 rings (SSSR count). The van der Waals surface area contributed by atoms with Gasteiger partial charge in [0.25, 0.3) is 0 Å². The second-order valence-corrected chi connectivity index (χ2v) is 9.66. The molecule has 0 unspecified atom stereocenters. The highest BCUT2D eigenvalue weighted by atomic mass is 19.1. The minimum Gasteiger partial charge on any atom is -0.479 e. The van der Waals surface area contributed by atoms with E-state index in [1.54, 1.807) is 19.2 Å². The number of carbonyl (C=O) groups is 1. The summed E-state index contributed by atoms with van der Waals surface area (Å²) in [7, 11) is 0. The first-order chi connectivity index (χ1) is 15.7. The van der Waals surface area contributed by atoms with Crippen molar-refractivity contribution in [3.8, 4) is 5.69 Å². The van der Waals surface area contributed by atoms with Crippen molar-refractivity contribution in [2.45, 2.75) is 63.9 Å². The first-order valence-electron chi connectivity index (χ1n) is 11.4. The molecular weight excluding hydrogens is 421 g/mol. The average molecular weight is 450 g/mol. The highest BCUT2D eigenvalue weighted by Crippen LogP contribution is 2.46. The number of fused-ring (bicyclic) bond motifs is 2. The molecule has 0 amide bonds. The molecule has 0 atom stereocenters. The minimum atomic E-state index is -1.66. The van der Waals surface area contributed by atoms with Crippen molar-refractivity contribution < 1.29 is 19.4 Å². The second kappa shape index (κ2) is 7.70. The zero-order valence-electron chi connectivity index (χ0n) is 19.0. The van der Waals surface area contributed by atoms with E-state index in [-0.39, 0.29) is 30.5 Å². The average Bonchev–Trinajstić information content (AvgIpc) is 3.36. The van der Waals surface area contributed by atoms with Crippen LogP contribution in [-0.2, 0) is 4.79 Å². The highest BCUT2D eigenvalue weighted by Gasteiger charge is 2.41. The molecule has 0 spiro atoms. The molecule has 4 aromatic rings. The number of nitrogens with zero attached hydrogens (tertiary/aromatic N) is 2. The number of hydrogen-bond donors (Lipinski definition) is 3. The lowest BCUT2D eigenvalue weighted by atomic mass is 9.74. The topological polar surface area (TPSA) is 91.1 Å². The van der Waals surface area contributed by atoms with Crippen LogP contribution < -0.4 is 0 Å². The molecule has 1 saturated carbocycles. The van der Waals surface area contributed by atoms with Crippen LogP contribution in [0.5, 0.6) is 0 Å². The Balaban J connectivity index is 1.77. The fraction of sp³-hybridized carbons (Fsp3) is 0.385. The predicted octanol–water partition coefficient (Wildman–Crippen LogP) is 5.55. The number of aromatic nitrogens is 3. The van der Waals surface area contributed by atoms with Crippen LogP contribution in [0.25, 0.3) is 27.5 Å². The van der Waals surface area contributed by atoms with Crippen molar-refractivity contribution in [2.75, 3.05) is 0 Å². The van der Waals surface area contributed by atoms with Crippen LogP contribution in [0.15, 0.2) is 36.5 Å². The molecule has 1 aliphatic rings. The van der Waals surface area contributed by atoms with E-state index >= 15 is 0 Å². The normalized spacial score (nSPS) is 21.3. The SMILES string of the molecule is Cc1cc(-n2c(C(C)C)c(C3CCC(O)(C(=O)O)CC3)c3cc4[nH]ncc4cc32)ccc1F. The predicted molar refractivity (Wildman–Crippen MR) is 126 cm³/mol. The van der Waals surface area contributed by atoms with Gasteiger partial charge in [0.2, 0.25) is 0 Å². The standard InChI is InChI=1S/C26H28FN3O3/c1-14(2)24-23(16-6-8-26(33,9-7-16)25(31)32)19-12-21-17(13-28-29-21)11-22(19)30(24)18-4-5-20(27)15(3)10-18/h4-5,10-14,16,33H,6-9H2,1-3H3,(H,28,29)(H,31,32). The van der Waals surface area contributed by atoms with Gasteiger partial charge in [0.1, 0.15) is 5.82 Å². The number of nitrogens with one attached hydrogen (secondary N) is 1. The van der Waals surface area contributed by atoms with Gasteiger partial charge in [-0.05, 0) is 85.9 Å². The van der Waals surface area contributed by atoms with E-state index in [0.717, 1.165) is 33.2 Å². The quantitative estimate of drug-likeness (QED) is 0.381. The first kappa shape index (κ1) is 21.6. The number of hydrogen-bond acceptors (Lipinski definition) is 3. The van der Waals surface area contributed by atoms with Crippen LogP contribution in [0.2, 0.25) is 0 Å². The van der Waals surface area contributed by atoms with E-state index in [0.29, 0.717) is 18.4 Å². The van der Waals surface area contributed by atoms with E-state index in [1.165, 1.54) is 11.6 Å². The summed E-state index contributed by atoms with van der Waals surface area (Å²) in [5.74, 6) is -1.09. The summed E-state index contributed by atoms with van der Waals surface area (Å²) in [5.41, 5.74) is 4.11. The van der Waals surface area contributed by atoms with Gasteiger partial charge in [0, 0.05) is 22.2 Å². The van der Waals surface area contributed by atoms with Crippen molar-refractivity contribution in [1.29, 1.82) is 0 Å². The van der Waals surface area contributed by atoms with Gasteiger partial charge in [-0.25, -0.2) is 9.18 Å². The monoisotopic (exact) mass is 449 g/mol. The Morgan fingerprint density at radius 1 is 1.24 bits per heavy atom. The van der Waals surface area contributed by atoms with Crippen LogP contribution in [0.1, 0.15) is 68.2 Å². The first-order valence-corrected chi connectivity index (χ1v) is 11.4. The maximum atomic E-state index is 14.1. The number of aliphatic carboxylic acids is 1. The number of aryl methyl sites for hydroxylation is 1. The van der Waals surface area contributed by atoms with Crippen molar-refractivity contribution in [1.82, 2.24) is 14.8 Å². The number of benzene rings is 2. The van der Waals surface area contributed by atoms with Gasteiger partial charge in [0.15, 0.2) is 5.60 Å². The van der Waals surface area contributed by atoms with Gasteiger partial charge in [0.05, 0.1) is 17.2 Å². The Kier molecular flexibility index (Phi) is 5.05. The Bertz CT molecular complexity index is 1380. The summed E-state index contributed by atoms with van der Waals surface area (Å²) in [6, 6.07) is 9.40. The van der Waals surface area contributed by atoms with Gasteiger partial charge < -0.3 is 14.8 Å². The lowest BCUT2D eigenvalue weighted by Crippen LogP contribution is -2.41. The lowest BCUT2D eigenvalue weighted by Gasteiger charge is -2.33. The molecule has 6 nitrogen and oxygen atoms in total. The summed E-state index contributed by atoms with van der Waals surface area (Å²) in [4.78, 5) is 11.6. The molecule has 2 aromatic heterocycles. The van der Waals surface area contributed by atoms with Gasteiger partial charge in [-0.15, -0.1) is 0 Å². The molecule has 1 fully saturated rings. The lowest BCUT2D eigenvalue weighted by molar-refractivity contribution is -0.162. The summed E-state index contributed by atoms with van der Waals surface area (Å²) in [6.45, 7) is 6.06. The molecule has 0 radical (unpaired) electrons.